The van der Waals surface area contributed by atoms with Crippen LogP contribution in [0.4, 0.5) is 10.3 Å². The predicted octanol–water partition coefficient (Wildman–Crippen LogP) is 2.99. The Labute approximate surface area is 161 Å². The van der Waals surface area contributed by atoms with Crippen molar-refractivity contribution in [2.24, 2.45) is 0 Å². The molecule has 1 aromatic heterocycles. The molecule has 0 amide bonds. The summed E-state index contributed by atoms with van der Waals surface area (Å²) in [5.74, 6) is -1.23. The molecule has 5 nitrogen and oxygen atoms in total. The van der Waals surface area contributed by atoms with Crippen molar-refractivity contribution in [1.82, 2.24) is 9.97 Å². The van der Waals surface area contributed by atoms with Crippen LogP contribution >= 0.6 is 0 Å². The number of benzene rings is 1. The molecule has 2 N–H and O–H groups in total. The molecule has 22 heavy (non-hydrogen) atoms. The maximum atomic E-state index is 13.1. The molecule has 0 fully saturated rings. The SMILES string of the molecule is CNc1nc(-c2ccc(F)cc2)c(C(=O)O)c(C(C)C)n1.[Ca+2].[H-].[H-]. The van der Waals surface area contributed by atoms with Crippen LogP contribution in [-0.2, 0) is 0 Å². The van der Waals surface area contributed by atoms with Crippen LogP contribution in [-0.4, -0.2) is 65.8 Å². The molecule has 1 heterocycles. The molecule has 0 aliphatic carbocycles. The summed E-state index contributed by atoms with van der Waals surface area (Å²) >= 11 is 0. The third-order valence-electron chi connectivity index (χ3n) is 3.04. The molecule has 0 unspecified atom stereocenters. The van der Waals surface area contributed by atoms with Gasteiger partial charge in [-0.05, 0) is 30.2 Å². The van der Waals surface area contributed by atoms with Crippen molar-refractivity contribution in [3.8, 4) is 11.3 Å². The van der Waals surface area contributed by atoms with Crippen molar-refractivity contribution in [2.45, 2.75) is 19.8 Å². The standard InChI is InChI=1S/C15H16FN3O2.Ca.2H/c1-8(2)12-11(14(20)21)13(19-15(17-3)18-12)9-4-6-10(16)7-5-9;;;/h4-8H,1-3H3,(H,20,21)(H,17,18,19);;;/q;+2;2*-1. The number of aromatic carboxylic acids is 1. The number of hydrogen-bond acceptors (Lipinski definition) is 4. The Hall–Kier alpha value is -1.24. The maximum Gasteiger partial charge on any atom is 2.00 e. The number of carbonyl (C=O) groups is 1. The van der Waals surface area contributed by atoms with Gasteiger partial charge in [0.2, 0.25) is 5.95 Å². The van der Waals surface area contributed by atoms with Crippen molar-refractivity contribution in [3.63, 3.8) is 0 Å². The third kappa shape index (κ3) is 3.94. The van der Waals surface area contributed by atoms with E-state index < -0.39 is 5.97 Å². The average Bonchev–Trinajstić information content (AvgIpc) is 2.46. The summed E-state index contributed by atoms with van der Waals surface area (Å²) in [7, 11) is 1.66. The largest absolute Gasteiger partial charge is 2.00 e. The second-order valence-electron chi connectivity index (χ2n) is 4.87. The van der Waals surface area contributed by atoms with Crippen LogP contribution < -0.4 is 5.32 Å². The fraction of sp³-hybridized carbons (Fsp3) is 0.267. The number of carboxylic acids is 1. The molecule has 0 saturated carbocycles. The molecule has 114 valence electrons. The maximum absolute atomic E-state index is 13.1. The monoisotopic (exact) mass is 331 g/mol. The van der Waals surface area contributed by atoms with Gasteiger partial charge in [-0.3, -0.25) is 0 Å². The van der Waals surface area contributed by atoms with Crippen LogP contribution in [0.1, 0.15) is 38.7 Å². The van der Waals surface area contributed by atoms with Crippen LogP contribution in [0, 0.1) is 5.82 Å². The minimum absolute atomic E-state index is 0. The van der Waals surface area contributed by atoms with Crippen molar-refractivity contribution in [3.05, 3.63) is 41.3 Å². The smallest absolute Gasteiger partial charge is 1.00 e. The molecule has 0 spiro atoms. The van der Waals surface area contributed by atoms with E-state index in [4.69, 9.17) is 0 Å². The summed E-state index contributed by atoms with van der Waals surface area (Å²) in [6.45, 7) is 3.73. The number of nitrogens with one attached hydrogen (secondary N) is 1. The molecule has 2 aromatic rings. The van der Waals surface area contributed by atoms with E-state index in [1.54, 1.807) is 7.05 Å². The molecule has 0 bridgehead atoms. The van der Waals surface area contributed by atoms with Gasteiger partial charge in [0.15, 0.2) is 0 Å². The molecule has 0 saturated heterocycles. The minimum atomic E-state index is -1.10. The van der Waals surface area contributed by atoms with Crippen molar-refractivity contribution >= 4 is 49.7 Å². The van der Waals surface area contributed by atoms with Crippen LogP contribution in [0.5, 0.6) is 0 Å². The third-order valence-corrected chi connectivity index (χ3v) is 3.04. The Kier molecular flexibility index (Phi) is 6.71. The van der Waals surface area contributed by atoms with E-state index in [-0.39, 0.29) is 63.6 Å². The molecule has 0 aliphatic heterocycles. The molecule has 0 aliphatic rings. The summed E-state index contributed by atoms with van der Waals surface area (Å²) in [6.07, 6.45) is 0. The van der Waals surface area contributed by atoms with Gasteiger partial charge in [0.05, 0.1) is 11.4 Å². The summed E-state index contributed by atoms with van der Waals surface area (Å²) in [5, 5.41) is 12.3. The van der Waals surface area contributed by atoms with Gasteiger partial charge in [-0.15, -0.1) is 0 Å². The summed E-state index contributed by atoms with van der Waals surface area (Å²) in [5.41, 5.74) is 1.32. The van der Waals surface area contributed by atoms with Gasteiger partial charge in [-0.1, -0.05) is 13.8 Å². The van der Waals surface area contributed by atoms with Crippen molar-refractivity contribution in [1.29, 1.82) is 0 Å². The Morgan fingerprint density at radius 1 is 1.27 bits per heavy atom. The first-order chi connectivity index (χ1) is 9.93. The molecule has 2 rings (SSSR count). The second-order valence-corrected chi connectivity index (χ2v) is 4.87. The van der Waals surface area contributed by atoms with E-state index >= 15 is 0 Å². The van der Waals surface area contributed by atoms with Gasteiger partial charge in [0.1, 0.15) is 11.4 Å². The van der Waals surface area contributed by atoms with Gasteiger partial charge in [-0.2, -0.15) is 0 Å². The number of aromatic nitrogens is 2. The summed E-state index contributed by atoms with van der Waals surface area (Å²) in [4.78, 5) is 20.1. The van der Waals surface area contributed by atoms with E-state index in [2.05, 4.69) is 15.3 Å². The predicted molar refractivity (Wildman–Crippen MR) is 86.0 cm³/mol. The van der Waals surface area contributed by atoms with Crippen LogP contribution in [0.3, 0.4) is 0 Å². The quantitative estimate of drug-likeness (QED) is 0.843. The normalized spacial score (nSPS) is 10.2. The fourth-order valence-corrected chi connectivity index (χ4v) is 2.04. The molecule has 0 radical (unpaired) electrons. The summed E-state index contributed by atoms with van der Waals surface area (Å²) < 4.78 is 13.1. The van der Waals surface area contributed by atoms with Crippen LogP contribution in [0.25, 0.3) is 11.3 Å². The zero-order chi connectivity index (χ0) is 15.6. The Morgan fingerprint density at radius 3 is 2.32 bits per heavy atom. The van der Waals surface area contributed by atoms with E-state index in [0.29, 0.717) is 17.2 Å². The summed E-state index contributed by atoms with van der Waals surface area (Å²) in [6, 6.07) is 5.57. The first-order valence-corrected chi connectivity index (χ1v) is 6.53. The number of rotatable bonds is 4. The zero-order valence-corrected chi connectivity index (χ0v) is 14.9. The molecular formula is C15H18CaFN3O2. The van der Waals surface area contributed by atoms with Crippen LogP contribution in [0.2, 0.25) is 0 Å². The van der Waals surface area contributed by atoms with Gasteiger partial charge in [0.25, 0.3) is 0 Å². The van der Waals surface area contributed by atoms with E-state index in [1.165, 1.54) is 24.3 Å². The van der Waals surface area contributed by atoms with Crippen molar-refractivity contribution < 1.29 is 17.1 Å². The van der Waals surface area contributed by atoms with E-state index in [9.17, 15) is 14.3 Å². The molecule has 7 heteroatoms. The van der Waals surface area contributed by atoms with Gasteiger partial charge in [-0.25, -0.2) is 19.2 Å². The van der Waals surface area contributed by atoms with E-state index in [1.807, 2.05) is 13.8 Å². The van der Waals surface area contributed by atoms with Crippen LogP contribution in [0.15, 0.2) is 24.3 Å². The first-order valence-electron chi connectivity index (χ1n) is 6.53. The zero-order valence-electron chi connectivity index (χ0n) is 14.7. The topological polar surface area (TPSA) is 75.1 Å². The second kappa shape index (κ2) is 7.85. The Morgan fingerprint density at radius 2 is 1.86 bits per heavy atom. The van der Waals surface area contributed by atoms with Gasteiger partial charge in [0, 0.05) is 12.6 Å². The van der Waals surface area contributed by atoms with Gasteiger partial charge >= 0.3 is 43.7 Å². The number of hydrogen-bond donors (Lipinski definition) is 2. The Balaban J connectivity index is 0. The molecular weight excluding hydrogens is 313 g/mol. The first kappa shape index (κ1) is 18.8. The van der Waals surface area contributed by atoms with E-state index in [0.717, 1.165) is 0 Å². The number of nitrogens with zero attached hydrogens (tertiary/aromatic N) is 2. The average molecular weight is 331 g/mol. The number of anilines is 1. The van der Waals surface area contributed by atoms with Crippen molar-refractivity contribution in [2.75, 3.05) is 12.4 Å². The minimum Gasteiger partial charge on any atom is -1.00 e. The number of halogens is 1. The fourth-order valence-electron chi connectivity index (χ4n) is 2.04. The molecule has 1 aromatic carbocycles. The number of carboxylic acid groups (broad SMARTS) is 1. The molecule has 0 atom stereocenters. The Bertz CT molecular complexity index is 685. The van der Waals surface area contributed by atoms with Gasteiger partial charge < -0.3 is 13.3 Å².